The van der Waals surface area contributed by atoms with Crippen LogP contribution >= 0.6 is 0 Å². The zero-order chi connectivity index (χ0) is 21.1. The van der Waals surface area contributed by atoms with Gasteiger partial charge >= 0.3 is 0 Å². The lowest BCUT2D eigenvalue weighted by molar-refractivity contribution is -0.134. The summed E-state index contributed by atoms with van der Waals surface area (Å²) in [6, 6.07) is 16.2. The molecule has 30 heavy (non-hydrogen) atoms. The summed E-state index contributed by atoms with van der Waals surface area (Å²) in [6.07, 6.45) is 1.15. The Bertz CT molecular complexity index is 1030. The van der Waals surface area contributed by atoms with Crippen LogP contribution in [0.1, 0.15) is 18.4 Å². The van der Waals surface area contributed by atoms with E-state index in [1.54, 1.807) is 40.1 Å². The van der Waals surface area contributed by atoms with Crippen LogP contribution in [-0.4, -0.2) is 62.2 Å². The summed E-state index contributed by atoms with van der Waals surface area (Å²) in [6.45, 7) is 1.85. The highest BCUT2D eigenvalue weighted by Gasteiger charge is 2.30. The molecule has 0 aromatic heterocycles. The van der Waals surface area contributed by atoms with Gasteiger partial charge in [0.1, 0.15) is 0 Å². The number of nitrogens with zero attached hydrogens (tertiary/aromatic N) is 3. The summed E-state index contributed by atoms with van der Waals surface area (Å²) in [5.41, 5.74) is 2.10. The van der Waals surface area contributed by atoms with Crippen molar-refractivity contribution < 1.29 is 18.0 Å². The van der Waals surface area contributed by atoms with Crippen LogP contribution in [0.15, 0.2) is 59.5 Å². The lowest BCUT2D eigenvalue weighted by Gasteiger charge is -2.34. The van der Waals surface area contributed by atoms with E-state index in [9.17, 15) is 18.0 Å². The van der Waals surface area contributed by atoms with Crippen molar-refractivity contribution in [3.8, 4) is 0 Å². The molecule has 8 heteroatoms. The van der Waals surface area contributed by atoms with Crippen molar-refractivity contribution in [1.29, 1.82) is 0 Å². The fourth-order valence-corrected chi connectivity index (χ4v) is 5.47. The molecule has 4 rings (SSSR count). The second-order valence-electron chi connectivity index (χ2n) is 7.52. The Kier molecular flexibility index (Phi) is 5.87. The van der Waals surface area contributed by atoms with Crippen LogP contribution in [0.5, 0.6) is 0 Å². The van der Waals surface area contributed by atoms with Crippen molar-refractivity contribution in [3.05, 3.63) is 60.2 Å². The van der Waals surface area contributed by atoms with E-state index in [1.165, 1.54) is 4.31 Å². The SMILES string of the molecule is O=C(CCC(=O)N1CCc2ccccc21)N1CCN(S(=O)(=O)c2ccccc2)CC1. The van der Waals surface area contributed by atoms with Crippen LogP contribution < -0.4 is 4.90 Å². The van der Waals surface area contributed by atoms with Crippen molar-refractivity contribution in [1.82, 2.24) is 9.21 Å². The molecule has 2 aliphatic rings. The Morgan fingerprint density at radius 2 is 1.40 bits per heavy atom. The first kappa shape index (κ1) is 20.6. The molecule has 2 heterocycles. The van der Waals surface area contributed by atoms with Gasteiger partial charge in [-0.1, -0.05) is 36.4 Å². The molecule has 0 aliphatic carbocycles. The normalized spacial score (nSPS) is 17.1. The van der Waals surface area contributed by atoms with Gasteiger partial charge < -0.3 is 9.80 Å². The topological polar surface area (TPSA) is 78.0 Å². The van der Waals surface area contributed by atoms with Crippen molar-refractivity contribution in [2.75, 3.05) is 37.6 Å². The summed E-state index contributed by atoms with van der Waals surface area (Å²) in [5.74, 6) is -0.147. The molecule has 0 spiro atoms. The van der Waals surface area contributed by atoms with E-state index in [0.29, 0.717) is 19.6 Å². The van der Waals surface area contributed by atoms with Gasteiger partial charge in [0.15, 0.2) is 0 Å². The molecule has 0 saturated carbocycles. The Hall–Kier alpha value is -2.71. The highest BCUT2D eigenvalue weighted by molar-refractivity contribution is 7.89. The minimum absolute atomic E-state index is 0.0430. The highest BCUT2D eigenvalue weighted by Crippen LogP contribution is 2.28. The summed E-state index contributed by atoms with van der Waals surface area (Å²) < 4.78 is 26.8. The average molecular weight is 428 g/mol. The first-order valence-corrected chi connectivity index (χ1v) is 11.6. The largest absolute Gasteiger partial charge is 0.340 e. The Morgan fingerprint density at radius 3 is 2.13 bits per heavy atom. The van der Waals surface area contributed by atoms with Crippen LogP contribution in [0, 0.1) is 0 Å². The summed E-state index contributed by atoms with van der Waals surface area (Å²) in [4.78, 5) is 28.9. The van der Waals surface area contributed by atoms with Gasteiger partial charge in [-0.3, -0.25) is 9.59 Å². The number of anilines is 1. The fourth-order valence-electron chi connectivity index (χ4n) is 4.02. The predicted molar refractivity (Wildman–Crippen MR) is 114 cm³/mol. The van der Waals surface area contributed by atoms with Gasteiger partial charge in [-0.15, -0.1) is 0 Å². The van der Waals surface area contributed by atoms with Crippen LogP contribution in [0.3, 0.4) is 0 Å². The maximum atomic E-state index is 12.7. The van der Waals surface area contributed by atoms with E-state index >= 15 is 0 Å². The standard InChI is InChI=1S/C22H25N3O4S/c26-21(10-11-22(27)25-13-12-18-6-4-5-9-20(18)25)23-14-16-24(17-15-23)30(28,29)19-7-2-1-3-8-19/h1-9H,10-17H2. The maximum Gasteiger partial charge on any atom is 0.243 e. The van der Waals surface area contributed by atoms with Gasteiger partial charge in [0.25, 0.3) is 0 Å². The first-order valence-electron chi connectivity index (χ1n) is 10.2. The van der Waals surface area contributed by atoms with Gasteiger partial charge in [0.2, 0.25) is 21.8 Å². The zero-order valence-corrected chi connectivity index (χ0v) is 17.6. The van der Waals surface area contributed by atoms with E-state index in [2.05, 4.69) is 0 Å². The van der Waals surface area contributed by atoms with Crippen molar-refractivity contribution in [3.63, 3.8) is 0 Å². The molecule has 2 amide bonds. The molecule has 2 aromatic carbocycles. The molecule has 158 valence electrons. The van der Waals surface area contributed by atoms with E-state index in [-0.39, 0.29) is 42.6 Å². The number of rotatable bonds is 5. The number of sulfonamides is 1. The van der Waals surface area contributed by atoms with E-state index in [4.69, 9.17) is 0 Å². The summed E-state index contributed by atoms with van der Waals surface area (Å²) in [5, 5.41) is 0. The Balaban J connectivity index is 1.28. The third-order valence-electron chi connectivity index (χ3n) is 5.71. The van der Waals surface area contributed by atoms with Gasteiger partial charge in [0, 0.05) is 51.3 Å². The van der Waals surface area contributed by atoms with Gasteiger partial charge in [0.05, 0.1) is 4.90 Å². The molecular formula is C22H25N3O4S. The van der Waals surface area contributed by atoms with Crippen LogP contribution in [0.2, 0.25) is 0 Å². The number of hydrogen-bond donors (Lipinski definition) is 0. The lowest BCUT2D eigenvalue weighted by Crippen LogP contribution is -2.50. The molecule has 0 atom stereocenters. The van der Waals surface area contributed by atoms with E-state index < -0.39 is 10.0 Å². The maximum absolute atomic E-state index is 12.7. The number of piperazine rings is 1. The number of amides is 2. The monoisotopic (exact) mass is 427 g/mol. The molecule has 0 N–H and O–H groups in total. The van der Waals surface area contributed by atoms with Crippen molar-refractivity contribution in [2.45, 2.75) is 24.2 Å². The molecule has 2 aliphatic heterocycles. The molecule has 2 aromatic rings. The van der Waals surface area contributed by atoms with Gasteiger partial charge in [-0.2, -0.15) is 4.31 Å². The number of fused-ring (bicyclic) bond motifs is 1. The zero-order valence-electron chi connectivity index (χ0n) is 16.7. The van der Waals surface area contributed by atoms with Crippen LogP contribution in [-0.2, 0) is 26.0 Å². The highest BCUT2D eigenvalue weighted by atomic mass is 32.2. The molecular weight excluding hydrogens is 402 g/mol. The number of carbonyl (C=O) groups excluding carboxylic acids is 2. The molecule has 0 bridgehead atoms. The summed E-state index contributed by atoms with van der Waals surface area (Å²) >= 11 is 0. The van der Waals surface area contributed by atoms with Crippen LogP contribution in [0.25, 0.3) is 0 Å². The Labute approximate surface area is 176 Å². The molecule has 0 unspecified atom stereocenters. The van der Waals surface area contributed by atoms with Gasteiger partial charge in [-0.05, 0) is 30.2 Å². The third-order valence-corrected chi connectivity index (χ3v) is 7.63. The number of para-hydroxylation sites is 1. The summed E-state index contributed by atoms with van der Waals surface area (Å²) in [7, 11) is -3.54. The van der Waals surface area contributed by atoms with Crippen molar-refractivity contribution in [2.24, 2.45) is 0 Å². The quantitative estimate of drug-likeness (QED) is 0.730. The minimum atomic E-state index is -3.54. The third kappa shape index (κ3) is 4.11. The average Bonchev–Trinajstić information content (AvgIpc) is 3.22. The number of carbonyl (C=O) groups is 2. The minimum Gasteiger partial charge on any atom is -0.340 e. The molecule has 1 fully saturated rings. The van der Waals surface area contributed by atoms with Crippen LogP contribution in [0.4, 0.5) is 5.69 Å². The predicted octanol–water partition coefficient (Wildman–Crippen LogP) is 1.89. The van der Waals surface area contributed by atoms with E-state index in [0.717, 1.165) is 17.7 Å². The lowest BCUT2D eigenvalue weighted by atomic mass is 10.2. The first-order chi connectivity index (χ1) is 14.5. The molecule has 7 nitrogen and oxygen atoms in total. The van der Waals surface area contributed by atoms with E-state index in [1.807, 2.05) is 24.3 Å². The molecule has 0 radical (unpaired) electrons. The smallest absolute Gasteiger partial charge is 0.243 e. The second kappa shape index (κ2) is 8.57. The Morgan fingerprint density at radius 1 is 0.767 bits per heavy atom. The fraction of sp³-hybridized carbons (Fsp3) is 0.364. The number of hydrogen-bond acceptors (Lipinski definition) is 4. The van der Waals surface area contributed by atoms with Gasteiger partial charge in [-0.25, -0.2) is 8.42 Å². The second-order valence-corrected chi connectivity index (χ2v) is 9.46. The van der Waals surface area contributed by atoms with Crippen molar-refractivity contribution >= 4 is 27.5 Å². The number of benzene rings is 2. The molecule has 1 saturated heterocycles.